The van der Waals surface area contributed by atoms with Gasteiger partial charge in [-0.2, -0.15) is 0 Å². The monoisotopic (exact) mass is 389 g/mol. The maximum absolute atomic E-state index is 6.34. The molecule has 1 unspecified atom stereocenters. The van der Waals surface area contributed by atoms with Crippen LogP contribution in [-0.2, 0) is 0 Å². The standard InChI is InChI=1S/C13H13Br2NOS/c1-2-17-10-6-4-3-5-8(10)12(16)9-7-11(14)18-13(9)15/h3-7,12H,2,16H2,1H3. The molecular weight excluding hydrogens is 378 g/mol. The van der Waals surface area contributed by atoms with Gasteiger partial charge in [0.05, 0.1) is 20.2 Å². The van der Waals surface area contributed by atoms with E-state index < -0.39 is 0 Å². The third kappa shape index (κ3) is 2.96. The van der Waals surface area contributed by atoms with Gasteiger partial charge in [-0.25, -0.2) is 0 Å². The summed E-state index contributed by atoms with van der Waals surface area (Å²) < 4.78 is 7.74. The van der Waals surface area contributed by atoms with Gasteiger partial charge in [0.25, 0.3) is 0 Å². The quantitative estimate of drug-likeness (QED) is 0.819. The van der Waals surface area contributed by atoms with Crippen molar-refractivity contribution in [3.05, 3.63) is 49.0 Å². The van der Waals surface area contributed by atoms with E-state index in [1.165, 1.54) is 0 Å². The molecule has 1 heterocycles. The summed E-state index contributed by atoms with van der Waals surface area (Å²) in [5, 5.41) is 0. The molecule has 0 aliphatic heterocycles. The predicted molar refractivity (Wildman–Crippen MR) is 83.4 cm³/mol. The van der Waals surface area contributed by atoms with Gasteiger partial charge >= 0.3 is 0 Å². The Morgan fingerprint density at radius 1 is 1.28 bits per heavy atom. The highest BCUT2D eigenvalue weighted by Crippen LogP contribution is 2.38. The zero-order valence-electron chi connectivity index (χ0n) is 9.82. The molecule has 5 heteroatoms. The molecular formula is C13H13Br2NOS. The molecule has 2 nitrogen and oxygen atoms in total. The van der Waals surface area contributed by atoms with Crippen LogP contribution in [0.2, 0.25) is 0 Å². The zero-order chi connectivity index (χ0) is 13.1. The van der Waals surface area contributed by atoms with Crippen molar-refractivity contribution in [3.63, 3.8) is 0 Å². The van der Waals surface area contributed by atoms with E-state index in [1.54, 1.807) is 11.3 Å². The third-order valence-corrected chi connectivity index (χ3v) is 4.96. The Morgan fingerprint density at radius 2 is 2.00 bits per heavy atom. The number of ether oxygens (including phenoxy) is 1. The van der Waals surface area contributed by atoms with Crippen LogP contribution >= 0.6 is 43.2 Å². The molecule has 0 amide bonds. The molecule has 2 aromatic rings. The topological polar surface area (TPSA) is 35.2 Å². The van der Waals surface area contributed by atoms with Crippen molar-refractivity contribution < 1.29 is 4.74 Å². The molecule has 2 N–H and O–H groups in total. The fraction of sp³-hybridized carbons (Fsp3) is 0.231. The van der Waals surface area contributed by atoms with Crippen molar-refractivity contribution >= 4 is 43.2 Å². The van der Waals surface area contributed by atoms with Crippen LogP contribution in [0.15, 0.2) is 37.9 Å². The molecule has 0 saturated heterocycles. The summed E-state index contributed by atoms with van der Waals surface area (Å²) in [6.07, 6.45) is 0. The maximum Gasteiger partial charge on any atom is 0.124 e. The van der Waals surface area contributed by atoms with Crippen LogP contribution in [0, 0.1) is 0 Å². The number of nitrogens with two attached hydrogens (primary N) is 1. The third-order valence-electron chi connectivity index (χ3n) is 2.57. The molecule has 1 aromatic carbocycles. The van der Waals surface area contributed by atoms with Crippen molar-refractivity contribution in [2.75, 3.05) is 6.61 Å². The molecule has 1 atom stereocenters. The normalized spacial score (nSPS) is 12.4. The van der Waals surface area contributed by atoms with E-state index >= 15 is 0 Å². The van der Waals surface area contributed by atoms with Crippen molar-refractivity contribution in [1.82, 2.24) is 0 Å². The number of hydrogen-bond acceptors (Lipinski definition) is 3. The van der Waals surface area contributed by atoms with Crippen molar-refractivity contribution in [1.29, 1.82) is 0 Å². The molecule has 0 radical (unpaired) electrons. The van der Waals surface area contributed by atoms with Crippen LogP contribution in [0.25, 0.3) is 0 Å². The number of rotatable bonds is 4. The first-order valence-corrected chi connectivity index (χ1v) is 7.95. The summed E-state index contributed by atoms with van der Waals surface area (Å²) in [7, 11) is 0. The number of para-hydroxylation sites is 1. The molecule has 0 spiro atoms. The van der Waals surface area contributed by atoms with Gasteiger partial charge in [0, 0.05) is 5.56 Å². The highest BCUT2D eigenvalue weighted by molar-refractivity contribution is 9.12. The Bertz CT molecular complexity index is 542. The highest BCUT2D eigenvalue weighted by Gasteiger charge is 2.18. The fourth-order valence-corrected chi connectivity index (χ4v) is 4.69. The van der Waals surface area contributed by atoms with E-state index in [-0.39, 0.29) is 6.04 Å². The van der Waals surface area contributed by atoms with Gasteiger partial charge in [-0.05, 0) is 56.5 Å². The fourth-order valence-electron chi connectivity index (χ4n) is 1.76. The van der Waals surface area contributed by atoms with Gasteiger partial charge in [-0.3, -0.25) is 0 Å². The smallest absolute Gasteiger partial charge is 0.124 e. The second-order valence-corrected chi connectivity index (χ2v) is 7.48. The molecule has 0 aliphatic carbocycles. The minimum atomic E-state index is -0.190. The summed E-state index contributed by atoms with van der Waals surface area (Å²) in [6.45, 7) is 2.61. The zero-order valence-corrected chi connectivity index (χ0v) is 13.8. The molecule has 0 aliphatic rings. The highest BCUT2D eigenvalue weighted by atomic mass is 79.9. The Hall–Kier alpha value is -0.360. The van der Waals surface area contributed by atoms with Gasteiger partial charge in [0.2, 0.25) is 0 Å². The van der Waals surface area contributed by atoms with Gasteiger partial charge in [0.15, 0.2) is 0 Å². The summed E-state index contributed by atoms with van der Waals surface area (Å²) >= 11 is 8.64. The summed E-state index contributed by atoms with van der Waals surface area (Å²) in [5.41, 5.74) is 8.41. The van der Waals surface area contributed by atoms with Gasteiger partial charge in [-0.1, -0.05) is 18.2 Å². The Morgan fingerprint density at radius 3 is 2.61 bits per heavy atom. The molecule has 0 saturated carbocycles. The summed E-state index contributed by atoms with van der Waals surface area (Å²) in [4.78, 5) is 0. The molecule has 96 valence electrons. The van der Waals surface area contributed by atoms with Crippen molar-refractivity contribution in [2.24, 2.45) is 5.73 Å². The number of halogens is 2. The maximum atomic E-state index is 6.34. The minimum Gasteiger partial charge on any atom is -0.494 e. The molecule has 1 aromatic heterocycles. The Kier molecular flexibility index (Phi) is 4.84. The lowest BCUT2D eigenvalue weighted by atomic mass is 10.0. The van der Waals surface area contributed by atoms with E-state index in [0.29, 0.717) is 6.61 Å². The van der Waals surface area contributed by atoms with Gasteiger partial charge in [-0.15, -0.1) is 11.3 Å². The van der Waals surface area contributed by atoms with Crippen LogP contribution in [0.5, 0.6) is 5.75 Å². The van der Waals surface area contributed by atoms with Crippen LogP contribution in [0.1, 0.15) is 24.1 Å². The summed E-state index contributed by atoms with van der Waals surface area (Å²) in [6, 6.07) is 9.75. The van der Waals surface area contributed by atoms with Crippen LogP contribution in [0.3, 0.4) is 0 Å². The lowest BCUT2D eigenvalue weighted by Crippen LogP contribution is -2.13. The predicted octanol–water partition coefficient (Wildman–Crippen LogP) is 4.72. The van der Waals surface area contributed by atoms with Gasteiger partial charge in [0.1, 0.15) is 5.75 Å². The largest absolute Gasteiger partial charge is 0.494 e. The van der Waals surface area contributed by atoms with Crippen molar-refractivity contribution in [3.8, 4) is 5.75 Å². The SMILES string of the molecule is CCOc1ccccc1C(N)c1cc(Br)sc1Br. The average Bonchev–Trinajstić information content (AvgIpc) is 2.69. The number of benzene rings is 1. The van der Waals surface area contributed by atoms with Crippen LogP contribution in [-0.4, -0.2) is 6.61 Å². The minimum absolute atomic E-state index is 0.190. The molecule has 0 fully saturated rings. The van der Waals surface area contributed by atoms with E-state index in [1.807, 2.05) is 37.3 Å². The van der Waals surface area contributed by atoms with Crippen LogP contribution < -0.4 is 10.5 Å². The van der Waals surface area contributed by atoms with Crippen molar-refractivity contribution in [2.45, 2.75) is 13.0 Å². The van der Waals surface area contributed by atoms with Crippen LogP contribution in [0.4, 0.5) is 0 Å². The lowest BCUT2D eigenvalue weighted by molar-refractivity contribution is 0.335. The number of thiophene rings is 1. The summed E-state index contributed by atoms with van der Waals surface area (Å²) in [5.74, 6) is 0.849. The Balaban J connectivity index is 2.39. The van der Waals surface area contributed by atoms with E-state index in [2.05, 4.69) is 31.9 Å². The first kappa shape index (κ1) is 14.1. The number of hydrogen-bond donors (Lipinski definition) is 1. The Labute approximate surface area is 127 Å². The van der Waals surface area contributed by atoms with E-state index in [0.717, 1.165) is 24.4 Å². The molecule has 0 bridgehead atoms. The van der Waals surface area contributed by atoms with E-state index in [9.17, 15) is 0 Å². The second-order valence-electron chi connectivity index (χ2n) is 3.73. The average molecular weight is 391 g/mol. The van der Waals surface area contributed by atoms with E-state index in [4.69, 9.17) is 10.5 Å². The first-order valence-electron chi connectivity index (χ1n) is 5.55. The van der Waals surface area contributed by atoms with Gasteiger partial charge < -0.3 is 10.5 Å². The lowest BCUT2D eigenvalue weighted by Gasteiger charge is -2.16. The molecule has 2 rings (SSSR count). The first-order chi connectivity index (χ1) is 8.63. The molecule has 18 heavy (non-hydrogen) atoms. The second kappa shape index (κ2) is 6.19.